The summed E-state index contributed by atoms with van der Waals surface area (Å²) in [5.74, 6) is -1.63. The van der Waals surface area contributed by atoms with Crippen LogP contribution in [-0.2, 0) is 0 Å². The van der Waals surface area contributed by atoms with Gasteiger partial charge < -0.3 is 15.1 Å². The van der Waals surface area contributed by atoms with Gasteiger partial charge >= 0.3 is 0 Å². The van der Waals surface area contributed by atoms with Crippen LogP contribution < -0.4 is 15.1 Å². The second-order valence-electron chi connectivity index (χ2n) is 9.26. The number of carbonyl (C=O) groups excluding carboxylic acids is 1. The van der Waals surface area contributed by atoms with Crippen molar-refractivity contribution in [1.82, 2.24) is 9.97 Å². The van der Waals surface area contributed by atoms with Crippen molar-refractivity contribution in [2.45, 2.75) is 45.5 Å². The van der Waals surface area contributed by atoms with Gasteiger partial charge in [0.1, 0.15) is 5.82 Å². The number of allylic oxidation sites excluding steroid dienone is 1. The normalized spacial score (nSPS) is 18.6. The highest BCUT2D eigenvalue weighted by Gasteiger charge is 2.35. The lowest BCUT2D eigenvalue weighted by atomic mass is 9.90. The number of aromatic nitrogens is 2. The van der Waals surface area contributed by atoms with Gasteiger partial charge in [0.2, 0.25) is 5.95 Å². The summed E-state index contributed by atoms with van der Waals surface area (Å²) in [6.45, 7) is 10.1. The molecule has 0 bridgehead atoms. The molecule has 1 amide bonds. The first-order valence-corrected chi connectivity index (χ1v) is 12.7. The Morgan fingerprint density at radius 2 is 1.79 bits per heavy atom. The van der Waals surface area contributed by atoms with Crippen LogP contribution in [0.25, 0.3) is 0 Å². The van der Waals surface area contributed by atoms with Crippen molar-refractivity contribution in [3.05, 3.63) is 51.2 Å². The van der Waals surface area contributed by atoms with Crippen LogP contribution in [0.3, 0.4) is 0 Å². The van der Waals surface area contributed by atoms with Gasteiger partial charge in [0.25, 0.3) is 11.8 Å². The molecule has 0 spiro atoms. The van der Waals surface area contributed by atoms with Crippen LogP contribution in [0.4, 0.5) is 26.2 Å². The summed E-state index contributed by atoms with van der Waals surface area (Å²) in [7, 11) is 0. The Labute approximate surface area is 213 Å². The molecule has 0 unspecified atom stereocenters. The molecule has 182 valence electrons. The van der Waals surface area contributed by atoms with E-state index in [0.717, 1.165) is 35.2 Å². The number of nitrogens with one attached hydrogen (secondary N) is 1. The van der Waals surface area contributed by atoms with Gasteiger partial charge in [0.15, 0.2) is 0 Å². The molecule has 0 radical (unpaired) electrons. The molecule has 2 aromatic rings. The molecule has 1 aromatic heterocycles. The van der Waals surface area contributed by atoms with Gasteiger partial charge in [-0.15, -0.1) is 0 Å². The Morgan fingerprint density at radius 1 is 1.12 bits per heavy atom. The van der Waals surface area contributed by atoms with Gasteiger partial charge in [-0.05, 0) is 73.4 Å². The third-order valence-electron chi connectivity index (χ3n) is 6.60. The summed E-state index contributed by atoms with van der Waals surface area (Å²) < 4.78 is 28.2. The summed E-state index contributed by atoms with van der Waals surface area (Å²) in [4.78, 5) is 26.2. The Hall–Kier alpha value is -2.30. The molecule has 2 aliphatic rings. The van der Waals surface area contributed by atoms with Gasteiger partial charge in [-0.1, -0.05) is 12.2 Å². The largest absolute Gasteiger partial charge is 0.371 e. The van der Waals surface area contributed by atoms with Crippen molar-refractivity contribution in [3.63, 3.8) is 0 Å². The fourth-order valence-corrected chi connectivity index (χ4v) is 5.02. The predicted molar refractivity (Wildman–Crippen MR) is 140 cm³/mol. The number of hydrogen-bond acceptors (Lipinski definition) is 5. The van der Waals surface area contributed by atoms with Crippen LogP contribution in [0, 0.1) is 16.4 Å². The summed E-state index contributed by atoms with van der Waals surface area (Å²) in [6.07, 6.45) is 1.59. The molecule has 2 saturated heterocycles. The molecule has 34 heavy (non-hydrogen) atoms. The molecule has 4 rings (SSSR count). The quantitative estimate of drug-likeness (QED) is 0.365. The minimum Gasteiger partial charge on any atom is -0.371 e. The zero-order chi connectivity index (χ0) is 24.5. The molecule has 1 aromatic carbocycles. The lowest BCUT2D eigenvalue weighted by Gasteiger charge is -2.35. The number of halogens is 3. The maximum Gasteiger partial charge on any atom is 0.258 e. The fraction of sp³-hybridized carbons (Fsp3) is 0.480. The van der Waals surface area contributed by atoms with Crippen LogP contribution in [0.2, 0.25) is 0 Å². The first-order chi connectivity index (χ1) is 16.1. The number of nitrogens with zero attached hydrogens (tertiary/aromatic N) is 4. The van der Waals surface area contributed by atoms with Gasteiger partial charge in [0, 0.05) is 54.4 Å². The average Bonchev–Trinajstić information content (AvgIpc) is 2.78. The second-order valence-corrected chi connectivity index (χ2v) is 10.5. The minimum absolute atomic E-state index is 0.186. The highest BCUT2D eigenvalue weighted by Crippen LogP contribution is 2.32. The summed E-state index contributed by atoms with van der Waals surface area (Å²) in [6, 6.07) is 7.51. The summed E-state index contributed by atoms with van der Waals surface area (Å²) in [5.41, 5.74) is 3.38. The molecule has 0 aliphatic carbocycles. The molecule has 9 heteroatoms. The van der Waals surface area contributed by atoms with E-state index in [1.54, 1.807) is 17.9 Å². The predicted octanol–water partition coefficient (Wildman–Crippen LogP) is 5.67. The Morgan fingerprint density at radius 3 is 2.44 bits per heavy atom. The molecule has 2 fully saturated rings. The minimum atomic E-state index is -2.64. The highest BCUT2D eigenvalue weighted by molar-refractivity contribution is 14.1. The van der Waals surface area contributed by atoms with Gasteiger partial charge in [-0.3, -0.25) is 4.79 Å². The van der Waals surface area contributed by atoms with Crippen molar-refractivity contribution in [2.24, 2.45) is 5.92 Å². The van der Waals surface area contributed by atoms with Crippen LogP contribution in [0.15, 0.2) is 36.4 Å². The number of alkyl halides is 2. The van der Waals surface area contributed by atoms with E-state index in [1.165, 1.54) is 5.57 Å². The number of benzene rings is 1. The fourth-order valence-electron chi connectivity index (χ4n) is 4.55. The molecule has 3 heterocycles. The van der Waals surface area contributed by atoms with Crippen molar-refractivity contribution < 1.29 is 13.6 Å². The van der Waals surface area contributed by atoms with E-state index in [1.807, 2.05) is 18.2 Å². The number of amides is 1. The lowest BCUT2D eigenvalue weighted by Crippen LogP contribution is -2.40. The van der Waals surface area contributed by atoms with E-state index in [-0.39, 0.29) is 31.8 Å². The first kappa shape index (κ1) is 24.8. The van der Waals surface area contributed by atoms with Crippen LogP contribution in [-0.4, -0.2) is 48.0 Å². The lowest BCUT2D eigenvalue weighted by molar-refractivity contribution is -0.0222. The first-order valence-electron chi connectivity index (χ1n) is 11.6. The summed E-state index contributed by atoms with van der Waals surface area (Å²) >= 11 is 2.26. The number of aryl methyl sites for hydroxylation is 1. The maximum atomic E-state index is 13.6. The summed E-state index contributed by atoms with van der Waals surface area (Å²) in [5, 5.41) is 2.91. The SMILES string of the molecule is C=C(C)C1CCN(c2cc(I)ccc2C(=O)Nc2cc(C)nc(N3CCC(F)(F)CC3)n2)CC1. The molecule has 2 aliphatic heterocycles. The number of piperidine rings is 2. The van der Waals surface area contributed by atoms with E-state index in [2.05, 4.69) is 56.3 Å². The Kier molecular flexibility index (Phi) is 7.39. The van der Waals surface area contributed by atoms with Crippen LogP contribution in [0.1, 0.15) is 48.7 Å². The molecule has 6 nitrogen and oxygen atoms in total. The topological polar surface area (TPSA) is 61.4 Å². The molecular formula is C25H30F2IN5O. The molecular weight excluding hydrogens is 551 g/mol. The van der Waals surface area contributed by atoms with E-state index in [9.17, 15) is 13.6 Å². The second kappa shape index (κ2) is 10.1. The zero-order valence-electron chi connectivity index (χ0n) is 19.6. The molecule has 0 saturated carbocycles. The highest BCUT2D eigenvalue weighted by atomic mass is 127. The van der Waals surface area contributed by atoms with Crippen molar-refractivity contribution in [2.75, 3.05) is 41.3 Å². The third-order valence-corrected chi connectivity index (χ3v) is 7.27. The number of carbonyl (C=O) groups is 1. The Bertz CT molecular complexity index is 1070. The third kappa shape index (κ3) is 5.84. The van der Waals surface area contributed by atoms with Crippen LogP contribution >= 0.6 is 22.6 Å². The number of rotatable bonds is 5. The Balaban J connectivity index is 1.52. The number of anilines is 3. The molecule has 0 atom stereocenters. The zero-order valence-corrected chi connectivity index (χ0v) is 21.7. The van der Waals surface area contributed by atoms with Crippen molar-refractivity contribution in [3.8, 4) is 0 Å². The van der Waals surface area contributed by atoms with Gasteiger partial charge in [-0.25, -0.2) is 13.8 Å². The standard InChI is InChI=1S/C25H30F2IN5O/c1-16(2)18-6-10-32(11-7-18)21-15-19(28)4-5-20(21)23(34)30-22-14-17(3)29-24(31-22)33-12-8-25(26,27)9-13-33/h4-5,14-15,18H,1,6-13H2,2-3H3,(H,29,30,31,34). The van der Waals surface area contributed by atoms with Crippen molar-refractivity contribution >= 4 is 46.0 Å². The van der Waals surface area contributed by atoms with Gasteiger partial charge in [0.05, 0.1) is 11.3 Å². The van der Waals surface area contributed by atoms with E-state index in [4.69, 9.17) is 0 Å². The van der Waals surface area contributed by atoms with Crippen molar-refractivity contribution in [1.29, 1.82) is 0 Å². The van der Waals surface area contributed by atoms with E-state index < -0.39 is 5.92 Å². The monoisotopic (exact) mass is 581 g/mol. The van der Waals surface area contributed by atoms with Crippen LogP contribution in [0.5, 0.6) is 0 Å². The van der Waals surface area contributed by atoms with E-state index >= 15 is 0 Å². The smallest absolute Gasteiger partial charge is 0.258 e. The van der Waals surface area contributed by atoms with E-state index in [0.29, 0.717) is 28.9 Å². The average molecular weight is 581 g/mol. The van der Waals surface area contributed by atoms with Gasteiger partial charge in [-0.2, -0.15) is 4.98 Å². The number of hydrogen-bond donors (Lipinski definition) is 1. The maximum absolute atomic E-state index is 13.6. The molecule has 1 N–H and O–H groups in total.